The number of rotatable bonds is 3. The molecule has 0 unspecified atom stereocenters. The first-order valence-corrected chi connectivity index (χ1v) is 8.24. The van der Waals surface area contributed by atoms with Gasteiger partial charge in [-0.05, 0) is 42.5 Å². The third kappa shape index (κ3) is 3.92. The van der Waals surface area contributed by atoms with Gasteiger partial charge in [0.25, 0.3) is 0 Å². The highest BCUT2D eigenvalue weighted by Crippen LogP contribution is 2.24. The van der Waals surface area contributed by atoms with Gasteiger partial charge in [-0.25, -0.2) is 4.79 Å². The van der Waals surface area contributed by atoms with Crippen LogP contribution >= 0.6 is 11.6 Å². The predicted molar refractivity (Wildman–Crippen MR) is 98.3 cm³/mol. The lowest BCUT2D eigenvalue weighted by atomic mass is 10.2. The number of amides is 1. The van der Waals surface area contributed by atoms with Crippen LogP contribution in [0.25, 0.3) is 0 Å². The average molecular weight is 346 g/mol. The van der Waals surface area contributed by atoms with Crippen molar-refractivity contribution < 1.29 is 9.53 Å². The molecule has 2 aromatic carbocycles. The van der Waals surface area contributed by atoms with E-state index in [1.54, 1.807) is 0 Å². The number of hydrogen-bond donors (Lipinski definition) is 1. The SMILES string of the molecule is COC(=O)Nc1ccc(N2CCN(c3cccc(Cl)c3)CC2)cc1. The molecule has 126 valence electrons. The standard InChI is InChI=1S/C18H20ClN3O2/c1-24-18(23)20-15-5-7-16(8-6-15)21-9-11-22(12-10-21)17-4-2-3-14(19)13-17/h2-8,13H,9-12H2,1H3,(H,20,23). The zero-order chi connectivity index (χ0) is 16.9. The molecule has 2 aromatic rings. The fourth-order valence-corrected chi connectivity index (χ4v) is 3.00. The molecule has 1 saturated heterocycles. The molecular formula is C18H20ClN3O2. The van der Waals surface area contributed by atoms with Gasteiger partial charge in [0.1, 0.15) is 0 Å². The number of nitrogens with one attached hydrogen (secondary N) is 1. The molecule has 1 heterocycles. The molecule has 1 aliphatic rings. The topological polar surface area (TPSA) is 44.8 Å². The van der Waals surface area contributed by atoms with Crippen molar-refractivity contribution in [2.45, 2.75) is 0 Å². The summed E-state index contributed by atoms with van der Waals surface area (Å²) in [7, 11) is 1.35. The lowest BCUT2D eigenvalue weighted by Crippen LogP contribution is -2.46. The van der Waals surface area contributed by atoms with Crippen LogP contribution in [0.5, 0.6) is 0 Å². The van der Waals surface area contributed by atoms with Crippen LogP contribution in [0.4, 0.5) is 21.9 Å². The van der Waals surface area contributed by atoms with Crippen molar-refractivity contribution in [2.75, 3.05) is 48.4 Å². The van der Waals surface area contributed by atoms with Crippen molar-refractivity contribution in [3.63, 3.8) is 0 Å². The molecule has 0 aromatic heterocycles. The highest BCUT2D eigenvalue weighted by atomic mass is 35.5. The Hall–Kier alpha value is -2.40. The van der Waals surface area contributed by atoms with Crippen LogP contribution in [0, 0.1) is 0 Å². The number of benzene rings is 2. The zero-order valence-corrected chi connectivity index (χ0v) is 14.3. The van der Waals surface area contributed by atoms with Crippen molar-refractivity contribution in [2.24, 2.45) is 0 Å². The molecule has 1 aliphatic heterocycles. The second-order valence-corrected chi connectivity index (χ2v) is 6.05. The summed E-state index contributed by atoms with van der Waals surface area (Å²) in [6, 6.07) is 15.8. The molecular weight excluding hydrogens is 326 g/mol. The Morgan fingerprint density at radius 2 is 1.62 bits per heavy atom. The smallest absolute Gasteiger partial charge is 0.411 e. The summed E-state index contributed by atoms with van der Waals surface area (Å²) in [5.74, 6) is 0. The van der Waals surface area contributed by atoms with Crippen molar-refractivity contribution in [1.82, 2.24) is 0 Å². The van der Waals surface area contributed by atoms with Gasteiger partial charge in [-0.2, -0.15) is 0 Å². The van der Waals surface area contributed by atoms with Crippen LogP contribution in [0.2, 0.25) is 5.02 Å². The molecule has 24 heavy (non-hydrogen) atoms. The van der Waals surface area contributed by atoms with Gasteiger partial charge in [0.2, 0.25) is 0 Å². The number of anilines is 3. The van der Waals surface area contributed by atoms with E-state index in [1.165, 1.54) is 12.8 Å². The monoisotopic (exact) mass is 345 g/mol. The molecule has 1 amide bonds. The van der Waals surface area contributed by atoms with E-state index in [0.717, 1.165) is 42.6 Å². The van der Waals surface area contributed by atoms with E-state index in [-0.39, 0.29) is 0 Å². The lowest BCUT2D eigenvalue weighted by molar-refractivity contribution is 0.187. The number of piperazine rings is 1. The summed E-state index contributed by atoms with van der Waals surface area (Å²) in [5, 5.41) is 3.42. The molecule has 1 fully saturated rings. The van der Waals surface area contributed by atoms with Gasteiger partial charge in [0.15, 0.2) is 0 Å². The highest BCUT2D eigenvalue weighted by molar-refractivity contribution is 6.30. The number of methoxy groups -OCH3 is 1. The van der Waals surface area contributed by atoms with Crippen LogP contribution in [0.1, 0.15) is 0 Å². The Morgan fingerprint density at radius 1 is 1.00 bits per heavy atom. The number of nitrogens with zero attached hydrogens (tertiary/aromatic N) is 2. The Kier molecular flexibility index (Phi) is 5.11. The average Bonchev–Trinajstić information content (AvgIpc) is 2.62. The van der Waals surface area contributed by atoms with E-state index in [1.807, 2.05) is 42.5 Å². The van der Waals surface area contributed by atoms with Crippen molar-refractivity contribution in [1.29, 1.82) is 0 Å². The minimum absolute atomic E-state index is 0.460. The summed E-state index contributed by atoms with van der Waals surface area (Å²) >= 11 is 6.07. The van der Waals surface area contributed by atoms with Gasteiger partial charge >= 0.3 is 6.09 Å². The number of carbonyl (C=O) groups excluding carboxylic acids is 1. The van der Waals surface area contributed by atoms with Crippen LogP contribution in [-0.2, 0) is 4.74 Å². The fraction of sp³-hybridized carbons (Fsp3) is 0.278. The van der Waals surface area contributed by atoms with Crippen LogP contribution in [-0.4, -0.2) is 39.4 Å². The molecule has 0 spiro atoms. The molecule has 6 heteroatoms. The number of ether oxygens (including phenoxy) is 1. The third-order valence-corrected chi connectivity index (χ3v) is 4.35. The number of carbonyl (C=O) groups is 1. The molecule has 0 bridgehead atoms. The normalized spacial score (nSPS) is 14.4. The maximum Gasteiger partial charge on any atom is 0.411 e. The molecule has 0 saturated carbocycles. The Labute approximate surface area is 146 Å². The van der Waals surface area contributed by atoms with E-state index >= 15 is 0 Å². The van der Waals surface area contributed by atoms with Crippen LogP contribution in [0.3, 0.4) is 0 Å². The first kappa shape index (κ1) is 16.5. The molecule has 5 nitrogen and oxygen atoms in total. The minimum Gasteiger partial charge on any atom is -0.453 e. The van der Waals surface area contributed by atoms with E-state index < -0.39 is 6.09 Å². The summed E-state index contributed by atoms with van der Waals surface area (Å²) in [6.07, 6.45) is -0.460. The van der Waals surface area contributed by atoms with E-state index in [9.17, 15) is 4.79 Å². The van der Waals surface area contributed by atoms with Gasteiger partial charge in [-0.1, -0.05) is 17.7 Å². The summed E-state index contributed by atoms with van der Waals surface area (Å²) in [5.41, 5.74) is 3.04. The number of halogens is 1. The van der Waals surface area contributed by atoms with E-state index in [0.29, 0.717) is 0 Å². The quantitative estimate of drug-likeness (QED) is 0.917. The fourth-order valence-electron chi connectivity index (χ4n) is 2.82. The molecule has 3 rings (SSSR count). The van der Waals surface area contributed by atoms with Gasteiger partial charge in [-0.15, -0.1) is 0 Å². The maximum atomic E-state index is 11.2. The van der Waals surface area contributed by atoms with E-state index in [4.69, 9.17) is 11.6 Å². The molecule has 1 N–H and O–H groups in total. The first-order valence-electron chi connectivity index (χ1n) is 7.86. The van der Waals surface area contributed by atoms with Gasteiger partial charge in [0, 0.05) is 48.3 Å². The summed E-state index contributed by atoms with van der Waals surface area (Å²) < 4.78 is 4.59. The molecule has 0 atom stereocenters. The third-order valence-electron chi connectivity index (χ3n) is 4.12. The van der Waals surface area contributed by atoms with Crippen LogP contribution in [0.15, 0.2) is 48.5 Å². The highest BCUT2D eigenvalue weighted by Gasteiger charge is 2.17. The Bertz CT molecular complexity index is 698. The van der Waals surface area contributed by atoms with E-state index in [2.05, 4.69) is 25.9 Å². The van der Waals surface area contributed by atoms with Gasteiger partial charge < -0.3 is 14.5 Å². The minimum atomic E-state index is -0.460. The summed E-state index contributed by atoms with van der Waals surface area (Å²) in [6.45, 7) is 3.78. The Morgan fingerprint density at radius 3 is 2.21 bits per heavy atom. The maximum absolute atomic E-state index is 11.2. The Balaban J connectivity index is 1.59. The summed E-state index contributed by atoms with van der Waals surface area (Å²) in [4.78, 5) is 15.9. The van der Waals surface area contributed by atoms with Gasteiger partial charge in [-0.3, -0.25) is 5.32 Å². The lowest BCUT2D eigenvalue weighted by Gasteiger charge is -2.37. The largest absolute Gasteiger partial charge is 0.453 e. The van der Waals surface area contributed by atoms with Gasteiger partial charge in [0.05, 0.1) is 7.11 Å². The second-order valence-electron chi connectivity index (χ2n) is 5.62. The predicted octanol–water partition coefficient (Wildman–Crippen LogP) is 3.84. The molecule has 0 radical (unpaired) electrons. The number of hydrogen-bond acceptors (Lipinski definition) is 4. The second kappa shape index (κ2) is 7.45. The van der Waals surface area contributed by atoms with Crippen molar-refractivity contribution >= 4 is 34.8 Å². The van der Waals surface area contributed by atoms with Crippen molar-refractivity contribution in [3.05, 3.63) is 53.6 Å². The molecule has 0 aliphatic carbocycles. The first-order chi connectivity index (χ1) is 11.7. The zero-order valence-electron chi connectivity index (χ0n) is 13.5. The van der Waals surface area contributed by atoms with Crippen molar-refractivity contribution in [3.8, 4) is 0 Å². The van der Waals surface area contributed by atoms with Crippen LogP contribution < -0.4 is 15.1 Å².